The number of hydrogen-bond donors (Lipinski definition) is 0. The number of hydrogen-bond acceptors (Lipinski definition) is 2. The maximum Gasteiger partial charge on any atom is 0.309 e. The first-order chi connectivity index (χ1) is 4.88. The Balaban J connectivity index is 2.08. The van der Waals surface area contributed by atoms with Crippen LogP contribution >= 0.6 is 0 Å². The fourth-order valence-electron chi connectivity index (χ4n) is 2.01. The molecule has 2 rings (SSSR count). The number of carbonyl (C=O) groups is 1. The van der Waals surface area contributed by atoms with E-state index in [4.69, 9.17) is 4.74 Å². The molecule has 2 nitrogen and oxygen atoms in total. The van der Waals surface area contributed by atoms with E-state index in [-0.39, 0.29) is 11.9 Å². The molecule has 2 aliphatic rings. The Hall–Kier alpha value is -0.530. The molecule has 2 heteroatoms. The molecular weight excluding hydrogens is 128 g/mol. The molecule has 0 bridgehead atoms. The monoisotopic (exact) mass is 140 g/mol. The zero-order chi connectivity index (χ0) is 6.97. The van der Waals surface area contributed by atoms with Gasteiger partial charge in [-0.2, -0.15) is 0 Å². The predicted molar refractivity (Wildman–Crippen MR) is 36.4 cm³/mol. The summed E-state index contributed by atoms with van der Waals surface area (Å²) in [4.78, 5) is 11.0. The van der Waals surface area contributed by atoms with Crippen molar-refractivity contribution in [2.75, 3.05) is 6.61 Å². The number of carbonyl (C=O) groups excluding carboxylic acids is 1. The molecule has 0 aromatic heterocycles. The van der Waals surface area contributed by atoms with Crippen molar-refractivity contribution in [3.8, 4) is 0 Å². The van der Waals surface area contributed by atoms with E-state index >= 15 is 0 Å². The summed E-state index contributed by atoms with van der Waals surface area (Å²) in [5.41, 5.74) is 0. The molecule has 0 N–H and O–H groups in total. The molecule has 0 aromatic rings. The van der Waals surface area contributed by atoms with Crippen LogP contribution in [0.5, 0.6) is 0 Å². The number of rotatable bonds is 0. The average Bonchev–Trinajstić information content (AvgIpc) is 2.34. The van der Waals surface area contributed by atoms with Gasteiger partial charge >= 0.3 is 5.97 Å². The largest absolute Gasteiger partial charge is 0.465 e. The summed E-state index contributed by atoms with van der Waals surface area (Å²) in [6.45, 7) is 0.698. The molecule has 56 valence electrons. The Morgan fingerprint density at radius 2 is 2.10 bits per heavy atom. The predicted octanol–water partition coefficient (Wildman–Crippen LogP) is 1.35. The van der Waals surface area contributed by atoms with Gasteiger partial charge in [-0.15, -0.1) is 0 Å². The van der Waals surface area contributed by atoms with Gasteiger partial charge in [-0.25, -0.2) is 0 Å². The lowest BCUT2D eigenvalue weighted by atomic mass is 9.81. The van der Waals surface area contributed by atoms with Crippen LogP contribution in [0, 0.1) is 11.8 Å². The van der Waals surface area contributed by atoms with Crippen molar-refractivity contribution in [1.29, 1.82) is 0 Å². The highest BCUT2D eigenvalue weighted by atomic mass is 16.5. The second-order valence-corrected chi connectivity index (χ2v) is 3.28. The topological polar surface area (TPSA) is 26.3 Å². The maximum absolute atomic E-state index is 11.0. The highest BCUT2D eigenvalue weighted by Gasteiger charge is 2.37. The van der Waals surface area contributed by atoms with E-state index in [2.05, 4.69) is 0 Å². The number of fused-ring (bicyclic) bond motifs is 1. The first-order valence-corrected chi connectivity index (χ1v) is 4.04. The Labute approximate surface area is 60.6 Å². The molecule has 2 atom stereocenters. The zero-order valence-corrected chi connectivity index (χ0v) is 6.01. The molecule has 1 aliphatic carbocycles. The lowest BCUT2D eigenvalue weighted by Gasteiger charge is -2.19. The molecule has 1 saturated carbocycles. The van der Waals surface area contributed by atoms with Crippen LogP contribution in [-0.4, -0.2) is 12.6 Å². The van der Waals surface area contributed by atoms with E-state index in [1.807, 2.05) is 0 Å². The minimum absolute atomic E-state index is 0.0599. The first kappa shape index (κ1) is 6.20. The lowest BCUT2D eigenvalue weighted by Crippen LogP contribution is -2.19. The molecule has 0 amide bonds. The van der Waals surface area contributed by atoms with Crippen LogP contribution in [0.2, 0.25) is 0 Å². The minimum Gasteiger partial charge on any atom is -0.465 e. The van der Waals surface area contributed by atoms with E-state index < -0.39 is 0 Å². The van der Waals surface area contributed by atoms with Gasteiger partial charge in [0.05, 0.1) is 12.5 Å². The molecule has 2 fully saturated rings. The van der Waals surface area contributed by atoms with Crippen molar-refractivity contribution < 1.29 is 9.53 Å². The van der Waals surface area contributed by atoms with Gasteiger partial charge in [0.1, 0.15) is 0 Å². The van der Waals surface area contributed by atoms with Crippen molar-refractivity contribution in [1.82, 2.24) is 0 Å². The van der Waals surface area contributed by atoms with Crippen LogP contribution in [0.4, 0.5) is 0 Å². The molecule has 1 saturated heterocycles. The van der Waals surface area contributed by atoms with Crippen LogP contribution in [0.3, 0.4) is 0 Å². The second kappa shape index (κ2) is 2.26. The van der Waals surface area contributed by atoms with E-state index in [9.17, 15) is 4.79 Å². The first-order valence-electron chi connectivity index (χ1n) is 4.04. The highest BCUT2D eigenvalue weighted by Crippen LogP contribution is 2.35. The third-order valence-electron chi connectivity index (χ3n) is 2.65. The van der Waals surface area contributed by atoms with Crippen molar-refractivity contribution in [2.45, 2.75) is 25.7 Å². The molecule has 1 unspecified atom stereocenters. The molecular formula is C8H12O2. The third kappa shape index (κ3) is 0.825. The third-order valence-corrected chi connectivity index (χ3v) is 2.65. The Bertz CT molecular complexity index is 153. The maximum atomic E-state index is 11.0. The number of cyclic esters (lactones) is 1. The Morgan fingerprint density at radius 3 is 2.90 bits per heavy atom. The van der Waals surface area contributed by atoms with Crippen LogP contribution in [0.1, 0.15) is 25.7 Å². The smallest absolute Gasteiger partial charge is 0.309 e. The lowest BCUT2D eigenvalue weighted by molar-refractivity contribution is -0.141. The summed E-state index contributed by atoms with van der Waals surface area (Å²) in [5.74, 6) is 0.903. The van der Waals surface area contributed by atoms with Crippen molar-refractivity contribution in [3.63, 3.8) is 0 Å². The van der Waals surface area contributed by atoms with Gasteiger partial charge < -0.3 is 4.74 Å². The zero-order valence-electron chi connectivity index (χ0n) is 6.01. The molecule has 0 spiro atoms. The van der Waals surface area contributed by atoms with Crippen molar-refractivity contribution >= 4 is 5.97 Å². The fourth-order valence-corrected chi connectivity index (χ4v) is 2.01. The van der Waals surface area contributed by atoms with Crippen molar-refractivity contribution in [2.24, 2.45) is 11.8 Å². The van der Waals surface area contributed by atoms with E-state index in [0.717, 1.165) is 6.42 Å². The van der Waals surface area contributed by atoms with Gasteiger partial charge in [-0.05, 0) is 12.8 Å². The van der Waals surface area contributed by atoms with Crippen LogP contribution < -0.4 is 0 Å². The second-order valence-electron chi connectivity index (χ2n) is 3.28. The minimum atomic E-state index is 0.0599. The summed E-state index contributed by atoms with van der Waals surface area (Å²) in [6.07, 6.45) is 4.79. The molecule has 1 aliphatic heterocycles. The van der Waals surface area contributed by atoms with Gasteiger partial charge in [0.15, 0.2) is 0 Å². The Kier molecular flexibility index (Phi) is 1.40. The van der Waals surface area contributed by atoms with Crippen LogP contribution in [0.25, 0.3) is 0 Å². The molecule has 0 aromatic carbocycles. The van der Waals surface area contributed by atoms with Gasteiger partial charge in [0, 0.05) is 5.92 Å². The van der Waals surface area contributed by atoms with Gasteiger partial charge in [-0.3, -0.25) is 4.79 Å². The molecule has 10 heavy (non-hydrogen) atoms. The standard InChI is InChI=1S/C8H12O2/c9-8-7-4-2-1-3-6(7)5-10-8/h6-7H,1-5H2/t6-,7?/m1/s1. The molecule has 1 heterocycles. The van der Waals surface area contributed by atoms with Crippen molar-refractivity contribution in [3.05, 3.63) is 0 Å². The normalized spacial score (nSPS) is 39.0. The van der Waals surface area contributed by atoms with E-state index in [1.165, 1.54) is 19.3 Å². The van der Waals surface area contributed by atoms with E-state index in [1.54, 1.807) is 0 Å². The fraction of sp³-hybridized carbons (Fsp3) is 0.875. The van der Waals surface area contributed by atoms with Gasteiger partial charge in [0.2, 0.25) is 0 Å². The SMILES string of the molecule is O=C1OC[C@H]2CCCCC12. The summed E-state index contributed by atoms with van der Waals surface area (Å²) >= 11 is 0. The summed E-state index contributed by atoms with van der Waals surface area (Å²) in [7, 11) is 0. The Morgan fingerprint density at radius 1 is 1.30 bits per heavy atom. The van der Waals surface area contributed by atoms with Gasteiger partial charge in [-0.1, -0.05) is 12.8 Å². The van der Waals surface area contributed by atoms with Crippen LogP contribution in [-0.2, 0) is 9.53 Å². The number of ether oxygens (including phenoxy) is 1. The number of esters is 1. The molecule has 0 radical (unpaired) electrons. The quantitative estimate of drug-likeness (QED) is 0.475. The average molecular weight is 140 g/mol. The summed E-state index contributed by atoms with van der Waals surface area (Å²) in [6, 6.07) is 0. The summed E-state index contributed by atoms with van der Waals surface area (Å²) in [5, 5.41) is 0. The van der Waals surface area contributed by atoms with Gasteiger partial charge in [0.25, 0.3) is 0 Å². The summed E-state index contributed by atoms with van der Waals surface area (Å²) < 4.78 is 4.96. The van der Waals surface area contributed by atoms with E-state index in [0.29, 0.717) is 12.5 Å². The highest BCUT2D eigenvalue weighted by molar-refractivity contribution is 5.74. The van der Waals surface area contributed by atoms with Crippen LogP contribution in [0.15, 0.2) is 0 Å².